The average molecular weight is 510 g/mol. The van der Waals surface area contributed by atoms with Crippen LogP contribution >= 0.6 is 27.7 Å². The molecule has 1 N–H and O–H groups in total. The number of nitrogens with one attached hydrogen (secondary N) is 1. The summed E-state index contributed by atoms with van der Waals surface area (Å²) >= 11 is 4.26. The number of hydrogen-bond acceptors (Lipinski definition) is 5. The largest absolute Gasteiger partial charge is 0.326 e. The average Bonchev–Trinajstić information content (AvgIpc) is 2.97. The second-order valence-corrected chi connectivity index (χ2v) is 10.3. The van der Waals surface area contributed by atoms with Crippen molar-refractivity contribution >= 4 is 60.4 Å². The lowest BCUT2D eigenvalue weighted by Gasteiger charge is -2.13. The van der Waals surface area contributed by atoms with E-state index in [1.807, 2.05) is 19.1 Å². The summed E-state index contributed by atoms with van der Waals surface area (Å²) in [5.41, 5.74) is 1.71. The fourth-order valence-corrected chi connectivity index (χ4v) is 5.46. The van der Waals surface area contributed by atoms with Gasteiger partial charge in [-0.15, -0.1) is 4.40 Å². The van der Waals surface area contributed by atoms with Gasteiger partial charge in [0.25, 0.3) is 10.0 Å². The van der Waals surface area contributed by atoms with Gasteiger partial charge >= 0.3 is 0 Å². The molecule has 1 atom stereocenters. The maximum Gasteiger partial charge on any atom is 0.284 e. The molecule has 158 valence electrons. The number of nitrogens with zero attached hydrogens (tertiary/aromatic N) is 2. The molecule has 7 nitrogen and oxygen atoms in total. The van der Waals surface area contributed by atoms with Crippen LogP contribution in [0.2, 0.25) is 0 Å². The maximum atomic E-state index is 12.7. The Balaban J connectivity index is 1.75. The third-order valence-corrected chi connectivity index (χ3v) is 7.45. The predicted octanol–water partition coefficient (Wildman–Crippen LogP) is 3.79. The van der Waals surface area contributed by atoms with Gasteiger partial charge in [0.15, 0.2) is 5.17 Å². The van der Waals surface area contributed by atoms with E-state index in [0.29, 0.717) is 5.69 Å². The van der Waals surface area contributed by atoms with Crippen molar-refractivity contribution in [1.82, 2.24) is 4.90 Å². The van der Waals surface area contributed by atoms with Crippen LogP contribution in [0.5, 0.6) is 0 Å². The molecule has 0 aliphatic carbocycles. The molecule has 0 radical (unpaired) electrons. The zero-order chi connectivity index (χ0) is 21.9. The van der Waals surface area contributed by atoms with Gasteiger partial charge in [-0.3, -0.25) is 14.5 Å². The molecule has 0 spiro atoms. The van der Waals surface area contributed by atoms with Gasteiger partial charge in [-0.25, -0.2) is 0 Å². The molecule has 30 heavy (non-hydrogen) atoms. The quantitative estimate of drug-likeness (QED) is 0.638. The summed E-state index contributed by atoms with van der Waals surface area (Å²) < 4.78 is 29.9. The van der Waals surface area contributed by atoms with Gasteiger partial charge in [0.05, 0.1) is 4.90 Å². The van der Waals surface area contributed by atoms with Gasteiger partial charge in [-0.2, -0.15) is 8.42 Å². The van der Waals surface area contributed by atoms with E-state index in [0.717, 1.165) is 21.8 Å². The number of anilines is 1. The van der Waals surface area contributed by atoms with Crippen LogP contribution in [0, 0.1) is 6.92 Å². The zero-order valence-corrected chi connectivity index (χ0v) is 19.6. The Morgan fingerprint density at radius 3 is 2.40 bits per heavy atom. The fourth-order valence-electron chi connectivity index (χ4n) is 2.78. The first kappa shape index (κ1) is 22.5. The number of thioether (sulfide) groups is 1. The Kier molecular flexibility index (Phi) is 6.99. The second-order valence-electron chi connectivity index (χ2n) is 6.61. The van der Waals surface area contributed by atoms with Crippen molar-refractivity contribution in [3.63, 3.8) is 0 Å². The van der Waals surface area contributed by atoms with E-state index < -0.39 is 15.3 Å². The molecule has 0 aromatic heterocycles. The topological polar surface area (TPSA) is 95.9 Å². The van der Waals surface area contributed by atoms with Crippen molar-refractivity contribution in [2.75, 3.05) is 11.9 Å². The number of carbonyl (C=O) groups is 2. The Morgan fingerprint density at radius 2 is 1.80 bits per heavy atom. The molecule has 1 aliphatic heterocycles. The number of halogens is 1. The summed E-state index contributed by atoms with van der Waals surface area (Å²) in [6, 6.07) is 13.4. The lowest BCUT2D eigenvalue weighted by atomic mass is 10.2. The van der Waals surface area contributed by atoms with Gasteiger partial charge in [0.2, 0.25) is 11.8 Å². The van der Waals surface area contributed by atoms with E-state index in [1.165, 1.54) is 17.0 Å². The van der Waals surface area contributed by atoms with Gasteiger partial charge in [-0.05, 0) is 50.2 Å². The molecule has 0 unspecified atom stereocenters. The minimum absolute atomic E-state index is 0.0304. The lowest BCUT2D eigenvalue weighted by Crippen LogP contribution is -2.33. The van der Waals surface area contributed by atoms with Gasteiger partial charge in [0, 0.05) is 23.1 Å². The fraction of sp³-hybridized carbons (Fsp3) is 0.250. The van der Waals surface area contributed by atoms with Crippen molar-refractivity contribution in [2.45, 2.75) is 30.4 Å². The third-order valence-electron chi connectivity index (χ3n) is 4.35. The molecule has 2 aromatic carbocycles. The number of sulfonamides is 1. The highest BCUT2D eigenvalue weighted by molar-refractivity contribution is 9.10. The van der Waals surface area contributed by atoms with Crippen molar-refractivity contribution in [3.8, 4) is 0 Å². The summed E-state index contributed by atoms with van der Waals surface area (Å²) in [6.45, 7) is 3.94. The van der Waals surface area contributed by atoms with Crippen LogP contribution in [-0.2, 0) is 19.6 Å². The zero-order valence-electron chi connectivity index (χ0n) is 16.3. The SMILES string of the molecule is CCN1C(=O)[C@H](CC(=O)Nc2ccc(C)cc2)SC1=NS(=O)(=O)c1ccc(Br)cc1. The van der Waals surface area contributed by atoms with E-state index in [2.05, 4.69) is 25.6 Å². The van der Waals surface area contributed by atoms with Crippen LogP contribution in [0.15, 0.2) is 62.3 Å². The first-order chi connectivity index (χ1) is 14.2. The summed E-state index contributed by atoms with van der Waals surface area (Å²) in [4.78, 5) is 26.4. The van der Waals surface area contributed by atoms with Crippen LogP contribution in [0.25, 0.3) is 0 Å². The van der Waals surface area contributed by atoms with Crippen molar-refractivity contribution in [1.29, 1.82) is 0 Å². The molecule has 2 amide bonds. The number of rotatable bonds is 6. The first-order valence-corrected chi connectivity index (χ1v) is 12.3. The summed E-state index contributed by atoms with van der Waals surface area (Å²) in [5.74, 6) is -0.649. The molecular weight excluding hydrogens is 490 g/mol. The van der Waals surface area contributed by atoms with E-state index in [9.17, 15) is 18.0 Å². The molecule has 1 saturated heterocycles. The van der Waals surface area contributed by atoms with Crippen molar-refractivity contribution in [3.05, 3.63) is 58.6 Å². The molecule has 1 heterocycles. The number of amides is 2. The molecule has 0 saturated carbocycles. The number of amidine groups is 1. The number of carbonyl (C=O) groups excluding carboxylic acids is 2. The lowest BCUT2D eigenvalue weighted by molar-refractivity contribution is -0.128. The van der Waals surface area contributed by atoms with Crippen LogP contribution in [0.4, 0.5) is 5.69 Å². The second kappa shape index (κ2) is 9.32. The number of aryl methyl sites for hydroxylation is 1. The highest BCUT2D eigenvalue weighted by Crippen LogP contribution is 2.31. The molecule has 1 fully saturated rings. The standard InChI is InChI=1S/C20H20BrN3O4S2/c1-3-24-19(26)17(12-18(25)22-15-8-4-13(2)5-9-15)29-20(24)23-30(27,28)16-10-6-14(21)7-11-16/h4-11,17H,3,12H2,1-2H3,(H,22,25)/t17-/m0/s1. The summed E-state index contributed by atoms with van der Waals surface area (Å²) in [6.07, 6.45) is -0.0781. The van der Waals surface area contributed by atoms with E-state index in [-0.39, 0.29) is 34.8 Å². The molecule has 0 bridgehead atoms. The van der Waals surface area contributed by atoms with Crippen molar-refractivity contribution < 1.29 is 18.0 Å². The minimum atomic E-state index is -3.98. The smallest absolute Gasteiger partial charge is 0.284 e. The highest BCUT2D eigenvalue weighted by atomic mass is 79.9. The summed E-state index contributed by atoms with van der Waals surface area (Å²) in [5, 5.41) is 2.11. The number of benzene rings is 2. The van der Waals surface area contributed by atoms with Crippen LogP contribution < -0.4 is 5.32 Å². The van der Waals surface area contributed by atoms with E-state index in [1.54, 1.807) is 31.2 Å². The Hall–Kier alpha value is -2.17. The van der Waals surface area contributed by atoms with E-state index in [4.69, 9.17) is 0 Å². The molecule has 1 aliphatic rings. The van der Waals surface area contributed by atoms with Gasteiger partial charge < -0.3 is 5.32 Å². The Bertz CT molecular complexity index is 1080. The van der Waals surface area contributed by atoms with Crippen LogP contribution in [0.3, 0.4) is 0 Å². The van der Waals surface area contributed by atoms with Crippen LogP contribution in [0.1, 0.15) is 18.9 Å². The number of hydrogen-bond donors (Lipinski definition) is 1. The predicted molar refractivity (Wildman–Crippen MR) is 122 cm³/mol. The van der Waals surface area contributed by atoms with Crippen molar-refractivity contribution in [2.24, 2.45) is 4.40 Å². The van der Waals surface area contributed by atoms with Gasteiger partial charge in [0.1, 0.15) is 5.25 Å². The first-order valence-electron chi connectivity index (χ1n) is 9.14. The molecule has 10 heteroatoms. The molecule has 2 aromatic rings. The maximum absolute atomic E-state index is 12.7. The van der Waals surface area contributed by atoms with Gasteiger partial charge in [-0.1, -0.05) is 45.4 Å². The minimum Gasteiger partial charge on any atom is -0.326 e. The third kappa shape index (κ3) is 5.30. The Morgan fingerprint density at radius 1 is 1.17 bits per heavy atom. The molecule has 3 rings (SSSR count). The normalized spacial score (nSPS) is 18.1. The van der Waals surface area contributed by atoms with Crippen LogP contribution in [-0.4, -0.2) is 42.1 Å². The molecular formula is C20H20BrN3O4S2. The summed E-state index contributed by atoms with van der Waals surface area (Å²) in [7, 11) is -3.98. The monoisotopic (exact) mass is 509 g/mol. The van der Waals surface area contributed by atoms with E-state index >= 15 is 0 Å². The highest BCUT2D eigenvalue weighted by Gasteiger charge is 2.39. The Labute approximate surface area is 188 Å².